The fraction of sp³-hybridized carbons (Fsp3) is 0.476. The monoisotopic (exact) mass is 404 g/mol. The van der Waals surface area contributed by atoms with Crippen molar-refractivity contribution in [2.24, 2.45) is 0 Å². The normalized spacial score (nSPS) is 20.5. The maximum Gasteiger partial charge on any atom is 0.264 e. The number of ether oxygens (including phenoxy) is 1. The summed E-state index contributed by atoms with van der Waals surface area (Å²) in [4.78, 5) is 17.4. The summed E-state index contributed by atoms with van der Waals surface area (Å²) in [5, 5.41) is 3.43. The lowest BCUT2D eigenvalue weighted by Crippen LogP contribution is -2.44. The van der Waals surface area contributed by atoms with E-state index in [1.807, 2.05) is 4.90 Å². The molecule has 4 nitrogen and oxygen atoms in total. The molecule has 2 aromatic rings. The Bertz CT molecular complexity index is 844. The molecule has 3 aliphatic rings. The van der Waals surface area contributed by atoms with Gasteiger partial charge < -0.3 is 15.0 Å². The van der Waals surface area contributed by atoms with Crippen LogP contribution in [0.15, 0.2) is 30.3 Å². The van der Waals surface area contributed by atoms with Crippen molar-refractivity contribution in [3.8, 4) is 0 Å². The van der Waals surface area contributed by atoms with Crippen LogP contribution in [-0.2, 0) is 29.7 Å². The van der Waals surface area contributed by atoms with E-state index in [0.29, 0.717) is 0 Å². The molecule has 0 unspecified atom stereocenters. The first-order valence-electron chi connectivity index (χ1n) is 9.59. The average Bonchev–Trinajstić information content (AvgIpc) is 3.14. The van der Waals surface area contributed by atoms with Crippen LogP contribution in [0.2, 0.25) is 0 Å². The highest BCUT2D eigenvalue weighted by molar-refractivity contribution is 7.14. The predicted molar refractivity (Wildman–Crippen MR) is 110 cm³/mol. The third-order valence-corrected chi connectivity index (χ3v) is 7.36. The number of hydrogen-bond donors (Lipinski definition) is 1. The first kappa shape index (κ1) is 18.9. The third-order valence-electron chi connectivity index (χ3n) is 6.01. The van der Waals surface area contributed by atoms with E-state index in [1.165, 1.54) is 21.6 Å². The molecule has 3 aliphatic heterocycles. The number of rotatable bonds is 1. The standard InChI is InChI=1S/C21H24N2O2S.ClH/c24-20(23-11-5-15-3-1-2-4-17(15)14-23)18-13-16-6-12-25-21(19(16)26-18)7-9-22-10-8-21;/h1-4,13,22H,5-12,14H2;1H. The topological polar surface area (TPSA) is 41.6 Å². The van der Waals surface area contributed by atoms with Crippen LogP contribution in [0, 0.1) is 0 Å². The van der Waals surface area contributed by atoms with Gasteiger partial charge in [0.25, 0.3) is 5.91 Å². The summed E-state index contributed by atoms with van der Waals surface area (Å²) in [5.41, 5.74) is 3.84. The Balaban J connectivity index is 0.00000180. The van der Waals surface area contributed by atoms with Gasteiger partial charge in [0.05, 0.1) is 11.5 Å². The number of fused-ring (bicyclic) bond motifs is 3. The largest absolute Gasteiger partial charge is 0.369 e. The van der Waals surface area contributed by atoms with Gasteiger partial charge in [0.15, 0.2) is 0 Å². The molecule has 1 aromatic carbocycles. The summed E-state index contributed by atoms with van der Waals surface area (Å²) in [5.74, 6) is 0.183. The van der Waals surface area contributed by atoms with Crippen molar-refractivity contribution in [2.75, 3.05) is 26.2 Å². The molecule has 0 saturated carbocycles. The highest BCUT2D eigenvalue weighted by Gasteiger charge is 2.41. The fourth-order valence-electron chi connectivity index (χ4n) is 4.55. The Labute approximate surface area is 170 Å². The van der Waals surface area contributed by atoms with E-state index in [2.05, 4.69) is 35.6 Å². The lowest BCUT2D eigenvalue weighted by atomic mass is 9.86. The van der Waals surface area contributed by atoms with Crippen molar-refractivity contribution >= 4 is 29.7 Å². The Morgan fingerprint density at radius 3 is 2.70 bits per heavy atom. The molecule has 27 heavy (non-hydrogen) atoms. The molecule has 1 N–H and O–H groups in total. The second-order valence-electron chi connectivity index (χ2n) is 7.55. The number of benzene rings is 1. The molecular weight excluding hydrogens is 380 g/mol. The summed E-state index contributed by atoms with van der Waals surface area (Å²) < 4.78 is 6.26. The van der Waals surface area contributed by atoms with Crippen LogP contribution in [0.1, 0.15) is 44.1 Å². The van der Waals surface area contributed by atoms with Crippen molar-refractivity contribution in [3.05, 3.63) is 56.8 Å². The summed E-state index contributed by atoms with van der Waals surface area (Å²) in [7, 11) is 0. The third kappa shape index (κ3) is 3.31. The van der Waals surface area contributed by atoms with Gasteiger partial charge in [0.2, 0.25) is 0 Å². The first-order valence-corrected chi connectivity index (χ1v) is 10.4. The van der Waals surface area contributed by atoms with E-state index in [0.717, 1.165) is 63.3 Å². The molecule has 0 radical (unpaired) electrons. The van der Waals surface area contributed by atoms with Crippen molar-refractivity contribution in [1.29, 1.82) is 0 Å². The SMILES string of the molecule is Cl.O=C(c1cc2c(s1)C1(CCNCC1)OCC2)N1CCc2ccccc2C1. The molecule has 144 valence electrons. The Kier molecular flexibility index (Phi) is 5.30. The van der Waals surface area contributed by atoms with Gasteiger partial charge in [0, 0.05) is 18.0 Å². The summed E-state index contributed by atoms with van der Waals surface area (Å²) in [6.45, 7) is 4.29. The van der Waals surface area contributed by atoms with E-state index >= 15 is 0 Å². The van der Waals surface area contributed by atoms with Crippen molar-refractivity contribution < 1.29 is 9.53 Å². The van der Waals surface area contributed by atoms with Crippen molar-refractivity contribution in [2.45, 2.75) is 37.8 Å². The number of halogens is 1. The molecule has 4 heterocycles. The lowest BCUT2D eigenvalue weighted by molar-refractivity contribution is -0.0771. The van der Waals surface area contributed by atoms with Crippen molar-refractivity contribution in [1.82, 2.24) is 10.2 Å². The summed E-state index contributed by atoms with van der Waals surface area (Å²) in [6, 6.07) is 10.6. The molecule has 1 amide bonds. The minimum absolute atomic E-state index is 0. The van der Waals surface area contributed by atoms with Gasteiger partial charge in [-0.2, -0.15) is 0 Å². The van der Waals surface area contributed by atoms with Crippen LogP contribution in [0.5, 0.6) is 0 Å². The van der Waals surface area contributed by atoms with Gasteiger partial charge in [-0.1, -0.05) is 24.3 Å². The van der Waals surface area contributed by atoms with Gasteiger partial charge in [-0.25, -0.2) is 0 Å². The minimum Gasteiger partial charge on any atom is -0.369 e. The van der Waals surface area contributed by atoms with Crippen LogP contribution in [0.3, 0.4) is 0 Å². The highest BCUT2D eigenvalue weighted by Crippen LogP contribution is 2.44. The Hall–Kier alpha value is -1.40. The van der Waals surface area contributed by atoms with E-state index in [9.17, 15) is 4.79 Å². The van der Waals surface area contributed by atoms with E-state index < -0.39 is 0 Å². The molecular formula is C21H25ClN2O2S. The van der Waals surface area contributed by atoms with E-state index in [-0.39, 0.29) is 23.9 Å². The molecule has 1 fully saturated rings. The average molecular weight is 405 g/mol. The number of thiophene rings is 1. The van der Waals surface area contributed by atoms with Crippen molar-refractivity contribution in [3.63, 3.8) is 0 Å². The predicted octanol–water partition coefficient (Wildman–Crippen LogP) is 3.52. The molecule has 0 bridgehead atoms. The van der Waals surface area contributed by atoms with E-state index in [4.69, 9.17) is 4.74 Å². The van der Waals surface area contributed by atoms with Crippen LogP contribution in [0.25, 0.3) is 0 Å². The molecule has 0 atom stereocenters. The summed E-state index contributed by atoms with van der Waals surface area (Å²) in [6.07, 6.45) is 3.89. The maximum absolute atomic E-state index is 13.2. The van der Waals surface area contributed by atoms with Gasteiger partial charge in [0.1, 0.15) is 5.60 Å². The van der Waals surface area contributed by atoms with Crippen LogP contribution in [0.4, 0.5) is 0 Å². The van der Waals surface area contributed by atoms with E-state index in [1.54, 1.807) is 11.3 Å². The number of hydrogen-bond acceptors (Lipinski definition) is 4. The fourth-order valence-corrected chi connectivity index (χ4v) is 5.93. The zero-order valence-corrected chi connectivity index (χ0v) is 17.0. The molecule has 0 aliphatic carbocycles. The first-order chi connectivity index (χ1) is 12.8. The minimum atomic E-state index is -0.156. The maximum atomic E-state index is 13.2. The lowest BCUT2D eigenvalue weighted by Gasteiger charge is -2.40. The highest BCUT2D eigenvalue weighted by atomic mass is 35.5. The Morgan fingerprint density at radius 2 is 1.89 bits per heavy atom. The molecule has 5 rings (SSSR count). The molecule has 1 spiro atoms. The second kappa shape index (κ2) is 7.55. The Morgan fingerprint density at radius 1 is 1.11 bits per heavy atom. The van der Waals surface area contributed by atoms with Gasteiger partial charge >= 0.3 is 0 Å². The molecule has 1 aromatic heterocycles. The number of nitrogens with zero attached hydrogens (tertiary/aromatic N) is 1. The molecule has 6 heteroatoms. The number of carbonyl (C=O) groups excluding carboxylic acids is 1. The van der Waals surface area contributed by atoms with Crippen LogP contribution >= 0.6 is 23.7 Å². The number of piperidine rings is 1. The number of nitrogens with one attached hydrogen (secondary N) is 1. The number of carbonyl (C=O) groups is 1. The molecule has 1 saturated heterocycles. The quantitative estimate of drug-likeness (QED) is 0.790. The smallest absolute Gasteiger partial charge is 0.264 e. The van der Waals surface area contributed by atoms with Crippen LogP contribution in [-0.4, -0.2) is 37.0 Å². The zero-order chi connectivity index (χ0) is 17.6. The van der Waals surface area contributed by atoms with Gasteiger partial charge in [-0.3, -0.25) is 4.79 Å². The van der Waals surface area contributed by atoms with Gasteiger partial charge in [-0.05, 0) is 61.5 Å². The summed E-state index contributed by atoms with van der Waals surface area (Å²) >= 11 is 1.68. The zero-order valence-electron chi connectivity index (χ0n) is 15.3. The second-order valence-corrected chi connectivity index (χ2v) is 8.61. The number of amides is 1. The van der Waals surface area contributed by atoms with Gasteiger partial charge in [-0.15, -0.1) is 23.7 Å². The van der Waals surface area contributed by atoms with Crippen LogP contribution < -0.4 is 5.32 Å².